The summed E-state index contributed by atoms with van der Waals surface area (Å²) in [4.78, 5) is 46.6. The predicted molar refractivity (Wildman–Crippen MR) is 122 cm³/mol. The fraction of sp³-hybridized carbons (Fsp3) is 0.391. The van der Waals surface area contributed by atoms with Crippen molar-refractivity contribution in [2.75, 3.05) is 11.9 Å². The summed E-state index contributed by atoms with van der Waals surface area (Å²) in [6.07, 6.45) is 7.74. The van der Waals surface area contributed by atoms with Gasteiger partial charge in [0.1, 0.15) is 0 Å². The molecule has 2 aromatic heterocycles. The molecule has 0 spiro atoms. The summed E-state index contributed by atoms with van der Waals surface area (Å²) in [5, 5.41) is 2.78. The fourth-order valence-electron chi connectivity index (χ4n) is 5.42. The molecule has 2 bridgehead atoms. The minimum atomic E-state index is -0.561. The molecule has 2 aliphatic rings. The first-order valence-corrected chi connectivity index (χ1v) is 10.9. The van der Waals surface area contributed by atoms with Crippen molar-refractivity contribution in [2.45, 2.75) is 50.7 Å². The van der Waals surface area contributed by atoms with Gasteiger partial charge in [0, 0.05) is 31.6 Å². The Morgan fingerprint density at radius 1 is 1.22 bits per heavy atom. The van der Waals surface area contributed by atoms with Gasteiger partial charge >= 0.3 is 5.69 Å². The minimum absolute atomic E-state index is 0.124. The standard InChI is InChI=1S/C23H26N6O3/c1-3-10-27-15-8-9-16(27)12-17(11-15)28-13-24-20-21(31)26-23(32)29(22(20)28)19-7-5-4-6-18(19)25-14(2)30/h3-7,13,15-17H,1,8-12H2,2H3,(H,25,30)(H,26,31,32). The van der Waals surface area contributed by atoms with Crippen LogP contribution in [0.25, 0.3) is 16.9 Å². The second-order valence-corrected chi connectivity index (χ2v) is 8.61. The lowest BCUT2D eigenvalue weighted by molar-refractivity contribution is -0.114. The van der Waals surface area contributed by atoms with E-state index in [9.17, 15) is 14.4 Å². The van der Waals surface area contributed by atoms with Gasteiger partial charge in [-0.15, -0.1) is 6.58 Å². The van der Waals surface area contributed by atoms with Crippen molar-refractivity contribution in [3.8, 4) is 5.69 Å². The number of hydrogen-bond acceptors (Lipinski definition) is 5. The number of aromatic nitrogens is 4. The normalized spacial score (nSPS) is 22.8. The van der Waals surface area contributed by atoms with Crippen LogP contribution in [0, 0.1) is 0 Å². The fourth-order valence-corrected chi connectivity index (χ4v) is 5.42. The molecule has 1 amide bonds. The summed E-state index contributed by atoms with van der Waals surface area (Å²) in [5.41, 5.74) is 0.575. The zero-order chi connectivity index (χ0) is 22.4. The summed E-state index contributed by atoms with van der Waals surface area (Å²) in [6.45, 7) is 6.18. The topological polar surface area (TPSA) is 105 Å². The van der Waals surface area contributed by atoms with Crippen LogP contribution in [0.1, 0.15) is 38.6 Å². The van der Waals surface area contributed by atoms with Crippen molar-refractivity contribution in [3.05, 3.63) is 64.1 Å². The van der Waals surface area contributed by atoms with Gasteiger partial charge in [-0.05, 0) is 37.8 Å². The molecule has 0 radical (unpaired) electrons. The number of rotatable bonds is 5. The Balaban J connectivity index is 1.67. The summed E-state index contributed by atoms with van der Waals surface area (Å²) < 4.78 is 3.43. The third-order valence-corrected chi connectivity index (χ3v) is 6.67. The molecular formula is C23H26N6O3. The first-order valence-electron chi connectivity index (χ1n) is 10.9. The van der Waals surface area contributed by atoms with Gasteiger partial charge in [-0.2, -0.15) is 0 Å². The van der Waals surface area contributed by atoms with E-state index in [1.54, 1.807) is 30.6 Å². The number of carbonyl (C=O) groups excluding carboxylic acids is 1. The number of anilines is 1. The first-order chi connectivity index (χ1) is 15.5. The minimum Gasteiger partial charge on any atom is -0.325 e. The number of nitrogens with one attached hydrogen (secondary N) is 2. The smallest absolute Gasteiger partial charge is 0.325 e. The molecule has 0 aliphatic carbocycles. The monoisotopic (exact) mass is 434 g/mol. The second-order valence-electron chi connectivity index (χ2n) is 8.61. The molecule has 2 unspecified atom stereocenters. The second kappa shape index (κ2) is 7.90. The van der Waals surface area contributed by atoms with Crippen LogP contribution >= 0.6 is 0 Å². The van der Waals surface area contributed by atoms with Gasteiger partial charge in [-0.1, -0.05) is 18.2 Å². The van der Waals surface area contributed by atoms with Crippen molar-refractivity contribution in [1.29, 1.82) is 0 Å². The zero-order valence-electron chi connectivity index (χ0n) is 18.0. The van der Waals surface area contributed by atoms with Crippen LogP contribution in [0.4, 0.5) is 5.69 Å². The molecule has 5 rings (SSSR count). The van der Waals surface area contributed by atoms with E-state index in [1.807, 2.05) is 10.6 Å². The number of piperidine rings is 1. The number of hydrogen-bond donors (Lipinski definition) is 2. The molecule has 2 aliphatic heterocycles. The number of benzene rings is 1. The highest BCUT2D eigenvalue weighted by Crippen LogP contribution is 2.41. The maximum Gasteiger partial charge on any atom is 0.334 e. The van der Waals surface area contributed by atoms with Crippen LogP contribution in [0.5, 0.6) is 0 Å². The average Bonchev–Trinajstić information content (AvgIpc) is 3.28. The maximum absolute atomic E-state index is 13.0. The molecule has 2 saturated heterocycles. The number of fused-ring (bicyclic) bond motifs is 3. The number of nitrogens with zero attached hydrogens (tertiary/aromatic N) is 4. The zero-order valence-corrected chi connectivity index (χ0v) is 18.0. The molecule has 2 N–H and O–H groups in total. The van der Waals surface area contributed by atoms with Crippen LogP contribution in [0.15, 0.2) is 52.8 Å². The molecule has 9 heteroatoms. The molecular weight excluding hydrogens is 408 g/mol. The summed E-state index contributed by atoms with van der Waals surface area (Å²) in [5.74, 6) is -0.245. The summed E-state index contributed by atoms with van der Waals surface area (Å²) in [7, 11) is 0. The molecule has 2 atom stereocenters. The van der Waals surface area contributed by atoms with Gasteiger partial charge in [-0.25, -0.2) is 14.3 Å². The highest BCUT2D eigenvalue weighted by molar-refractivity contribution is 5.91. The molecule has 1 aromatic carbocycles. The van der Waals surface area contributed by atoms with E-state index in [2.05, 4.69) is 26.8 Å². The Morgan fingerprint density at radius 2 is 1.94 bits per heavy atom. The average molecular weight is 435 g/mol. The highest BCUT2D eigenvalue weighted by Gasteiger charge is 2.41. The summed E-state index contributed by atoms with van der Waals surface area (Å²) in [6, 6.07) is 8.07. The van der Waals surface area contributed by atoms with Crippen LogP contribution in [-0.2, 0) is 4.79 Å². The Kier molecular flexibility index (Phi) is 5.05. The van der Waals surface area contributed by atoms with E-state index in [4.69, 9.17) is 0 Å². The van der Waals surface area contributed by atoms with E-state index < -0.39 is 11.2 Å². The van der Waals surface area contributed by atoms with Crippen molar-refractivity contribution in [3.63, 3.8) is 0 Å². The lowest BCUT2D eigenvalue weighted by Crippen LogP contribution is -2.43. The maximum atomic E-state index is 13.0. The third kappa shape index (κ3) is 3.29. The summed E-state index contributed by atoms with van der Waals surface area (Å²) >= 11 is 0. The van der Waals surface area contributed by atoms with Gasteiger partial charge in [0.15, 0.2) is 11.2 Å². The number of carbonyl (C=O) groups is 1. The Hall–Kier alpha value is -3.46. The number of amides is 1. The van der Waals surface area contributed by atoms with Gasteiger partial charge in [0.05, 0.1) is 17.7 Å². The van der Waals surface area contributed by atoms with Gasteiger partial charge in [0.2, 0.25) is 5.91 Å². The highest BCUT2D eigenvalue weighted by atomic mass is 16.2. The third-order valence-electron chi connectivity index (χ3n) is 6.67. The Morgan fingerprint density at radius 3 is 2.62 bits per heavy atom. The van der Waals surface area contributed by atoms with Crippen molar-refractivity contribution >= 4 is 22.8 Å². The van der Waals surface area contributed by atoms with Crippen LogP contribution in [0.2, 0.25) is 0 Å². The van der Waals surface area contributed by atoms with E-state index in [0.717, 1.165) is 32.2 Å². The van der Waals surface area contributed by atoms with E-state index in [-0.39, 0.29) is 17.5 Å². The van der Waals surface area contributed by atoms with Crippen LogP contribution in [-0.4, -0.2) is 48.5 Å². The quantitative estimate of drug-likeness (QED) is 0.599. The lowest BCUT2D eigenvalue weighted by atomic mass is 9.97. The lowest BCUT2D eigenvalue weighted by Gasteiger charge is -2.39. The Labute approximate surface area is 184 Å². The predicted octanol–water partition coefficient (Wildman–Crippen LogP) is 2.19. The van der Waals surface area contributed by atoms with Gasteiger partial charge < -0.3 is 9.88 Å². The molecule has 3 aromatic rings. The van der Waals surface area contributed by atoms with E-state index >= 15 is 0 Å². The number of imidazole rings is 1. The molecule has 32 heavy (non-hydrogen) atoms. The number of aromatic amines is 1. The molecule has 0 saturated carbocycles. The SMILES string of the molecule is C=CCN1C2CCC1CC(n1cnc3c(=O)[nH]c(=O)n(-c4ccccc4NC(C)=O)c31)C2. The van der Waals surface area contributed by atoms with E-state index in [1.165, 1.54) is 11.5 Å². The van der Waals surface area contributed by atoms with Crippen LogP contribution in [0.3, 0.4) is 0 Å². The Bertz CT molecular complexity index is 1310. The largest absolute Gasteiger partial charge is 0.334 e. The molecule has 166 valence electrons. The number of H-pyrrole nitrogens is 1. The van der Waals surface area contributed by atoms with Crippen molar-refractivity contribution < 1.29 is 4.79 Å². The van der Waals surface area contributed by atoms with E-state index in [0.29, 0.717) is 29.1 Å². The molecule has 4 heterocycles. The van der Waals surface area contributed by atoms with Gasteiger partial charge in [-0.3, -0.25) is 19.5 Å². The van der Waals surface area contributed by atoms with Crippen LogP contribution < -0.4 is 16.6 Å². The first kappa shape index (κ1) is 20.4. The van der Waals surface area contributed by atoms with Crippen molar-refractivity contribution in [2.24, 2.45) is 0 Å². The van der Waals surface area contributed by atoms with Gasteiger partial charge in [0.25, 0.3) is 5.56 Å². The molecule has 9 nitrogen and oxygen atoms in total. The molecule has 2 fully saturated rings. The van der Waals surface area contributed by atoms with Crippen molar-refractivity contribution in [1.82, 2.24) is 24.0 Å². The number of para-hydroxylation sites is 2.